The average molecular weight is 283 g/mol. The lowest BCUT2D eigenvalue weighted by atomic mass is 9.78. The van der Waals surface area contributed by atoms with Gasteiger partial charge < -0.3 is 10.0 Å². The summed E-state index contributed by atoms with van der Waals surface area (Å²) in [4.78, 5) is 18.2. The minimum Gasteiger partial charge on any atom is -0.481 e. The van der Waals surface area contributed by atoms with E-state index in [-0.39, 0.29) is 0 Å². The molecule has 1 aliphatic heterocycles. The van der Waals surface area contributed by atoms with Crippen LogP contribution in [0.5, 0.6) is 0 Å². The monoisotopic (exact) mass is 283 g/mol. The summed E-state index contributed by atoms with van der Waals surface area (Å²) >= 11 is 1.38. The topological polar surface area (TPSA) is 66.3 Å². The first-order chi connectivity index (χ1) is 8.98. The smallest absolute Gasteiger partial charge is 0.311 e. The van der Waals surface area contributed by atoms with Gasteiger partial charge in [0.2, 0.25) is 5.13 Å². The maximum absolute atomic E-state index is 11.5. The number of hydrogen-bond donors (Lipinski definition) is 1. The Morgan fingerprint density at radius 1 is 1.58 bits per heavy atom. The van der Waals surface area contributed by atoms with Crippen LogP contribution in [0.1, 0.15) is 51.8 Å². The highest BCUT2D eigenvalue weighted by Crippen LogP contribution is 2.36. The van der Waals surface area contributed by atoms with E-state index in [9.17, 15) is 9.90 Å². The molecule has 2 heterocycles. The molecule has 2 rings (SSSR count). The fourth-order valence-corrected chi connectivity index (χ4v) is 3.33. The molecule has 5 nitrogen and oxygen atoms in total. The van der Waals surface area contributed by atoms with Crippen molar-refractivity contribution in [1.29, 1.82) is 0 Å². The van der Waals surface area contributed by atoms with Crippen LogP contribution in [0.4, 0.5) is 5.13 Å². The van der Waals surface area contributed by atoms with E-state index >= 15 is 0 Å². The Bertz CT molecular complexity index is 460. The summed E-state index contributed by atoms with van der Waals surface area (Å²) < 4.78 is 4.35. The number of aliphatic carboxylic acids is 1. The molecule has 0 amide bonds. The summed E-state index contributed by atoms with van der Waals surface area (Å²) in [5.74, 6) is 0.474. The number of nitrogens with zero attached hydrogens (tertiary/aromatic N) is 3. The first-order valence-electron chi connectivity index (χ1n) is 6.80. The predicted molar refractivity (Wildman–Crippen MR) is 75.8 cm³/mol. The third-order valence-corrected chi connectivity index (χ3v) is 4.72. The van der Waals surface area contributed by atoms with E-state index < -0.39 is 11.4 Å². The molecule has 6 heteroatoms. The van der Waals surface area contributed by atoms with Gasteiger partial charge in [-0.2, -0.15) is 4.37 Å². The van der Waals surface area contributed by atoms with E-state index in [4.69, 9.17) is 0 Å². The van der Waals surface area contributed by atoms with Crippen LogP contribution >= 0.6 is 11.5 Å². The molecule has 19 heavy (non-hydrogen) atoms. The van der Waals surface area contributed by atoms with Crippen molar-refractivity contribution in [2.75, 3.05) is 18.0 Å². The van der Waals surface area contributed by atoms with Crippen LogP contribution in [0.15, 0.2) is 0 Å². The number of hydrogen-bond acceptors (Lipinski definition) is 5. The van der Waals surface area contributed by atoms with Gasteiger partial charge in [0.1, 0.15) is 5.82 Å². The first kappa shape index (κ1) is 14.2. The third-order valence-electron chi connectivity index (χ3n) is 3.93. The van der Waals surface area contributed by atoms with Gasteiger partial charge in [0.25, 0.3) is 0 Å². The molecule has 0 aliphatic carbocycles. The molecule has 0 spiro atoms. The lowest BCUT2D eigenvalue weighted by Crippen LogP contribution is -2.47. The van der Waals surface area contributed by atoms with Gasteiger partial charge in [-0.15, -0.1) is 0 Å². The molecule has 1 unspecified atom stereocenters. The molecule has 0 bridgehead atoms. The second-order valence-electron chi connectivity index (χ2n) is 5.55. The Hall–Kier alpha value is -1.17. The summed E-state index contributed by atoms with van der Waals surface area (Å²) in [6.07, 6.45) is 2.32. The summed E-state index contributed by atoms with van der Waals surface area (Å²) in [5.41, 5.74) is -0.623. The summed E-state index contributed by atoms with van der Waals surface area (Å²) in [6.45, 7) is 7.51. The molecule has 0 saturated carbocycles. The molecular weight excluding hydrogens is 262 g/mol. The zero-order valence-corrected chi connectivity index (χ0v) is 12.5. The molecule has 1 N–H and O–H groups in total. The van der Waals surface area contributed by atoms with Gasteiger partial charge >= 0.3 is 5.97 Å². The van der Waals surface area contributed by atoms with Crippen molar-refractivity contribution in [2.24, 2.45) is 5.41 Å². The van der Waals surface area contributed by atoms with E-state index in [1.807, 2.05) is 6.92 Å². The fourth-order valence-electron chi connectivity index (χ4n) is 2.50. The van der Waals surface area contributed by atoms with Gasteiger partial charge in [-0.1, -0.05) is 20.8 Å². The molecular formula is C13H21N3O2S. The van der Waals surface area contributed by atoms with Crippen molar-refractivity contribution in [1.82, 2.24) is 9.36 Å². The Balaban J connectivity index is 2.18. The van der Waals surface area contributed by atoms with E-state index in [1.54, 1.807) is 0 Å². The fraction of sp³-hybridized carbons (Fsp3) is 0.769. The maximum atomic E-state index is 11.5. The molecule has 1 aromatic heterocycles. The third kappa shape index (κ3) is 2.73. The number of rotatable bonds is 4. The average Bonchev–Trinajstić information content (AvgIpc) is 2.88. The van der Waals surface area contributed by atoms with Gasteiger partial charge in [-0.3, -0.25) is 4.79 Å². The Morgan fingerprint density at radius 2 is 2.32 bits per heavy atom. The quantitative estimate of drug-likeness (QED) is 0.920. The van der Waals surface area contributed by atoms with E-state index in [0.717, 1.165) is 30.3 Å². The highest BCUT2D eigenvalue weighted by atomic mass is 32.1. The predicted octanol–water partition coefficient (Wildman–Crippen LogP) is 2.74. The Labute approximate surface area is 117 Å². The minimum absolute atomic E-state index is 0.310. The van der Waals surface area contributed by atoms with Crippen LogP contribution in [-0.4, -0.2) is 33.5 Å². The molecule has 0 aromatic carbocycles. The number of piperidine rings is 1. The van der Waals surface area contributed by atoms with Crippen LogP contribution in [-0.2, 0) is 4.79 Å². The SMILES string of the molecule is CCC1(C(=O)O)CCCN(c2nc(C(C)C)ns2)C1. The van der Waals surface area contributed by atoms with Gasteiger partial charge in [-0.25, -0.2) is 4.98 Å². The molecule has 106 valence electrons. The van der Waals surface area contributed by atoms with Crippen LogP contribution < -0.4 is 4.90 Å². The van der Waals surface area contributed by atoms with Gasteiger partial charge in [0.05, 0.1) is 5.41 Å². The van der Waals surface area contributed by atoms with Gasteiger partial charge in [0.15, 0.2) is 0 Å². The second kappa shape index (κ2) is 5.45. The summed E-state index contributed by atoms with van der Waals surface area (Å²) in [6, 6.07) is 0. The maximum Gasteiger partial charge on any atom is 0.311 e. The molecule has 1 aliphatic rings. The van der Waals surface area contributed by atoms with E-state index in [2.05, 4.69) is 28.1 Å². The Kier molecular flexibility index (Phi) is 4.08. The van der Waals surface area contributed by atoms with Crippen molar-refractivity contribution in [3.63, 3.8) is 0 Å². The first-order valence-corrected chi connectivity index (χ1v) is 7.58. The molecule has 0 radical (unpaired) electrons. The molecule has 1 atom stereocenters. The van der Waals surface area contributed by atoms with Crippen LogP contribution in [0.25, 0.3) is 0 Å². The number of carboxylic acids is 1. The standard InChI is InChI=1S/C13H21N3O2S/c1-4-13(11(17)18)6-5-7-16(8-13)12-14-10(9(2)3)15-19-12/h9H,4-8H2,1-3H3,(H,17,18). The lowest BCUT2D eigenvalue weighted by molar-refractivity contribution is -0.149. The number of carbonyl (C=O) groups is 1. The molecule has 1 fully saturated rings. The van der Waals surface area contributed by atoms with Crippen molar-refractivity contribution < 1.29 is 9.90 Å². The van der Waals surface area contributed by atoms with E-state index in [1.165, 1.54) is 11.5 Å². The Morgan fingerprint density at radius 3 is 2.84 bits per heavy atom. The van der Waals surface area contributed by atoms with E-state index in [0.29, 0.717) is 18.9 Å². The van der Waals surface area contributed by atoms with Crippen LogP contribution in [0.2, 0.25) is 0 Å². The van der Waals surface area contributed by atoms with Crippen LogP contribution in [0.3, 0.4) is 0 Å². The van der Waals surface area contributed by atoms with Gasteiger partial charge in [-0.05, 0) is 19.3 Å². The number of anilines is 1. The van der Waals surface area contributed by atoms with Crippen LogP contribution in [0, 0.1) is 5.41 Å². The van der Waals surface area contributed by atoms with Crippen molar-refractivity contribution in [3.05, 3.63) is 5.82 Å². The summed E-state index contributed by atoms with van der Waals surface area (Å²) in [5, 5.41) is 10.4. The zero-order valence-electron chi connectivity index (χ0n) is 11.7. The highest BCUT2D eigenvalue weighted by molar-refractivity contribution is 7.09. The lowest BCUT2D eigenvalue weighted by Gasteiger charge is -2.39. The second-order valence-corrected chi connectivity index (χ2v) is 6.28. The van der Waals surface area contributed by atoms with Gasteiger partial charge in [0, 0.05) is 30.5 Å². The number of aromatic nitrogens is 2. The minimum atomic E-state index is -0.687. The number of carboxylic acid groups (broad SMARTS) is 1. The van der Waals surface area contributed by atoms with Crippen molar-refractivity contribution in [2.45, 2.75) is 46.0 Å². The molecule has 1 saturated heterocycles. The zero-order chi connectivity index (χ0) is 14.0. The summed E-state index contributed by atoms with van der Waals surface area (Å²) in [7, 11) is 0. The highest BCUT2D eigenvalue weighted by Gasteiger charge is 2.41. The van der Waals surface area contributed by atoms with Crippen molar-refractivity contribution in [3.8, 4) is 0 Å². The largest absolute Gasteiger partial charge is 0.481 e. The molecule has 1 aromatic rings. The van der Waals surface area contributed by atoms with Crippen molar-refractivity contribution >= 4 is 22.6 Å². The normalized spacial score (nSPS) is 23.9.